The van der Waals surface area contributed by atoms with Crippen molar-refractivity contribution in [2.24, 2.45) is 29.1 Å². The number of hydrogen-bond acceptors (Lipinski definition) is 5. The zero-order chi connectivity index (χ0) is 20.3. The Morgan fingerprint density at radius 1 is 1.17 bits per heavy atom. The van der Waals surface area contributed by atoms with E-state index in [9.17, 15) is 9.59 Å². The summed E-state index contributed by atoms with van der Waals surface area (Å²) in [4.78, 5) is 31.2. The summed E-state index contributed by atoms with van der Waals surface area (Å²) in [6, 6.07) is 0. The number of esters is 1. The molecule has 0 spiro atoms. The Hall–Kier alpha value is -1.43. The van der Waals surface area contributed by atoms with E-state index in [0.29, 0.717) is 11.8 Å². The highest BCUT2D eigenvalue weighted by molar-refractivity contribution is 7.15. The van der Waals surface area contributed by atoms with Gasteiger partial charge in [0.15, 0.2) is 5.13 Å². The molecule has 158 valence electrons. The van der Waals surface area contributed by atoms with Crippen molar-refractivity contribution in [1.29, 1.82) is 0 Å². The van der Waals surface area contributed by atoms with Gasteiger partial charge in [0.1, 0.15) is 6.10 Å². The third-order valence-corrected chi connectivity index (χ3v) is 9.35. The number of anilines is 1. The summed E-state index contributed by atoms with van der Waals surface area (Å²) in [7, 11) is 0. The van der Waals surface area contributed by atoms with E-state index in [0.717, 1.165) is 55.8 Å². The van der Waals surface area contributed by atoms with Gasteiger partial charge >= 0.3 is 5.97 Å². The van der Waals surface area contributed by atoms with Gasteiger partial charge in [-0.05, 0) is 37.5 Å². The average Bonchev–Trinajstić information content (AvgIpc) is 3.22. The maximum absolute atomic E-state index is 12.7. The molecular weight excluding hydrogens is 384 g/mol. The molecule has 2 saturated carbocycles. The Labute approximate surface area is 177 Å². The Morgan fingerprint density at radius 2 is 1.93 bits per heavy atom. The van der Waals surface area contributed by atoms with Crippen LogP contribution in [0.3, 0.4) is 0 Å². The SMILES string of the molecule is CC1C(=O)OC2C1CCC1(C)Cc3sc(NC(=O)C4CCCCC4)nc3C(C)C21. The number of fused-ring (bicyclic) bond motifs is 4. The van der Waals surface area contributed by atoms with E-state index in [1.165, 1.54) is 11.3 Å². The maximum Gasteiger partial charge on any atom is 0.309 e. The van der Waals surface area contributed by atoms with Crippen LogP contribution in [0.25, 0.3) is 0 Å². The first-order valence-corrected chi connectivity index (χ1v) is 12.2. The second-order valence-corrected chi connectivity index (χ2v) is 11.3. The molecule has 1 saturated heterocycles. The summed E-state index contributed by atoms with van der Waals surface area (Å²) in [6.45, 7) is 6.63. The number of ether oxygens (including phenoxy) is 1. The van der Waals surface area contributed by atoms with Crippen LogP contribution in [-0.4, -0.2) is 23.0 Å². The minimum absolute atomic E-state index is 0.0129. The van der Waals surface area contributed by atoms with Crippen LogP contribution in [0.1, 0.15) is 82.2 Å². The molecule has 6 unspecified atom stereocenters. The normalized spacial score (nSPS) is 39.3. The topological polar surface area (TPSA) is 68.3 Å². The molecule has 1 aromatic heterocycles. The third-order valence-electron chi connectivity index (χ3n) is 8.36. The predicted octanol–water partition coefficient (Wildman–Crippen LogP) is 4.92. The smallest absolute Gasteiger partial charge is 0.309 e. The Balaban J connectivity index is 1.39. The van der Waals surface area contributed by atoms with Crippen LogP contribution in [0.2, 0.25) is 0 Å². The molecule has 0 aromatic carbocycles. The van der Waals surface area contributed by atoms with Crippen molar-refractivity contribution in [3.8, 4) is 0 Å². The van der Waals surface area contributed by atoms with E-state index < -0.39 is 0 Å². The number of amides is 1. The first-order chi connectivity index (χ1) is 13.9. The quantitative estimate of drug-likeness (QED) is 0.695. The minimum atomic E-state index is -0.0269. The van der Waals surface area contributed by atoms with Crippen LogP contribution in [0, 0.1) is 29.1 Å². The Morgan fingerprint density at radius 3 is 2.69 bits per heavy atom. The molecule has 1 aromatic rings. The summed E-state index contributed by atoms with van der Waals surface area (Å²) >= 11 is 1.66. The van der Waals surface area contributed by atoms with E-state index in [2.05, 4.69) is 19.2 Å². The van der Waals surface area contributed by atoms with Gasteiger partial charge in [-0.1, -0.05) is 40.0 Å². The van der Waals surface area contributed by atoms with Gasteiger partial charge in [0.05, 0.1) is 11.6 Å². The molecule has 6 atom stereocenters. The Kier molecular flexibility index (Phi) is 4.76. The van der Waals surface area contributed by atoms with Crippen LogP contribution >= 0.6 is 11.3 Å². The zero-order valence-electron chi connectivity index (χ0n) is 17.7. The van der Waals surface area contributed by atoms with Crippen LogP contribution in [0.4, 0.5) is 5.13 Å². The molecule has 3 aliphatic carbocycles. The van der Waals surface area contributed by atoms with Gasteiger partial charge < -0.3 is 10.1 Å². The van der Waals surface area contributed by atoms with Gasteiger partial charge in [0, 0.05) is 28.5 Å². The molecule has 5 rings (SSSR count). The second-order valence-electron chi connectivity index (χ2n) is 10.2. The lowest BCUT2D eigenvalue weighted by molar-refractivity contribution is -0.149. The average molecular weight is 417 g/mol. The van der Waals surface area contributed by atoms with E-state index in [1.54, 1.807) is 11.3 Å². The Bertz CT molecular complexity index is 830. The van der Waals surface area contributed by atoms with Crippen molar-refractivity contribution in [2.45, 2.75) is 84.2 Å². The number of carbonyl (C=O) groups excluding carboxylic acids is 2. The van der Waals surface area contributed by atoms with Crippen LogP contribution in [0.15, 0.2) is 0 Å². The second kappa shape index (κ2) is 7.07. The lowest BCUT2D eigenvalue weighted by Crippen LogP contribution is -2.50. The highest BCUT2D eigenvalue weighted by Crippen LogP contribution is 2.59. The number of carbonyl (C=O) groups is 2. The fourth-order valence-corrected chi connectivity index (χ4v) is 7.97. The van der Waals surface area contributed by atoms with Gasteiger partial charge in [0.2, 0.25) is 5.91 Å². The van der Waals surface area contributed by atoms with E-state index in [4.69, 9.17) is 9.72 Å². The predicted molar refractivity (Wildman–Crippen MR) is 113 cm³/mol. The first kappa shape index (κ1) is 19.5. The van der Waals surface area contributed by atoms with Gasteiger partial charge in [-0.15, -0.1) is 11.3 Å². The molecule has 1 amide bonds. The van der Waals surface area contributed by atoms with Crippen LogP contribution in [-0.2, 0) is 20.7 Å². The van der Waals surface area contributed by atoms with Gasteiger partial charge in [-0.3, -0.25) is 9.59 Å². The van der Waals surface area contributed by atoms with E-state index >= 15 is 0 Å². The molecule has 1 aliphatic heterocycles. The van der Waals surface area contributed by atoms with Crippen molar-refractivity contribution in [3.63, 3.8) is 0 Å². The largest absolute Gasteiger partial charge is 0.461 e. The number of hydrogen-bond donors (Lipinski definition) is 1. The maximum atomic E-state index is 12.7. The highest BCUT2D eigenvalue weighted by Gasteiger charge is 2.58. The van der Waals surface area contributed by atoms with Crippen molar-refractivity contribution < 1.29 is 14.3 Å². The van der Waals surface area contributed by atoms with Crippen molar-refractivity contribution >= 4 is 28.3 Å². The first-order valence-electron chi connectivity index (χ1n) is 11.4. The van der Waals surface area contributed by atoms with Gasteiger partial charge in [0.25, 0.3) is 0 Å². The molecule has 0 radical (unpaired) electrons. The number of nitrogens with one attached hydrogen (secondary N) is 1. The zero-order valence-corrected chi connectivity index (χ0v) is 18.5. The molecule has 6 heteroatoms. The van der Waals surface area contributed by atoms with Crippen molar-refractivity contribution in [2.75, 3.05) is 5.32 Å². The molecule has 1 N–H and O–H groups in total. The molecule has 5 nitrogen and oxygen atoms in total. The summed E-state index contributed by atoms with van der Waals surface area (Å²) < 4.78 is 5.92. The molecule has 0 bridgehead atoms. The van der Waals surface area contributed by atoms with Gasteiger partial charge in [-0.2, -0.15) is 0 Å². The molecular formula is C23H32N2O3S. The lowest BCUT2D eigenvalue weighted by Gasteiger charge is -2.51. The monoisotopic (exact) mass is 416 g/mol. The number of aromatic nitrogens is 1. The van der Waals surface area contributed by atoms with Crippen molar-refractivity contribution in [1.82, 2.24) is 4.98 Å². The van der Waals surface area contributed by atoms with Crippen LogP contribution in [0.5, 0.6) is 0 Å². The number of thiazole rings is 1. The summed E-state index contributed by atoms with van der Waals surface area (Å²) in [5.41, 5.74) is 1.25. The highest BCUT2D eigenvalue weighted by atomic mass is 32.1. The standard InChI is InChI=1S/C23H32N2O3S/c1-12-15-9-10-23(3)11-16-18(13(2)17(23)19(15)28-21(12)27)24-22(29-16)25-20(26)14-7-5-4-6-8-14/h12-15,17,19H,4-11H2,1-3H3,(H,24,25,26). The summed E-state index contributed by atoms with van der Waals surface area (Å²) in [5, 5.41) is 3.88. The van der Waals surface area contributed by atoms with E-state index in [-0.39, 0.29) is 41.1 Å². The van der Waals surface area contributed by atoms with E-state index in [1.807, 2.05) is 6.92 Å². The number of nitrogens with zero attached hydrogens (tertiary/aromatic N) is 1. The van der Waals surface area contributed by atoms with Crippen LogP contribution < -0.4 is 5.32 Å². The molecule has 29 heavy (non-hydrogen) atoms. The third kappa shape index (κ3) is 3.13. The minimum Gasteiger partial charge on any atom is -0.461 e. The fraction of sp³-hybridized carbons (Fsp3) is 0.783. The lowest BCUT2D eigenvalue weighted by atomic mass is 9.54. The summed E-state index contributed by atoms with van der Waals surface area (Å²) in [5.74, 6) is 1.17. The summed E-state index contributed by atoms with van der Waals surface area (Å²) in [6.07, 6.45) is 8.75. The van der Waals surface area contributed by atoms with Crippen molar-refractivity contribution in [3.05, 3.63) is 10.6 Å². The van der Waals surface area contributed by atoms with Gasteiger partial charge in [-0.25, -0.2) is 4.98 Å². The fourth-order valence-electron chi connectivity index (χ4n) is 6.70. The molecule has 3 fully saturated rings. The molecule has 4 aliphatic rings. The molecule has 2 heterocycles. The number of rotatable bonds is 2.